The zero-order valence-corrected chi connectivity index (χ0v) is 26.3. The summed E-state index contributed by atoms with van der Waals surface area (Å²) in [4.78, 5) is 14.9. The molecule has 0 aliphatic heterocycles. The predicted octanol–water partition coefficient (Wildman–Crippen LogP) is 11.8. The summed E-state index contributed by atoms with van der Waals surface area (Å²) in [6.07, 6.45) is 0. The van der Waals surface area contributed by atoms with Crippen molar-refractivity contribution in [1.82, 2.24) is 19.5 Å². The van der Waals surface area contributed by atoms with Gasteiger partial charge in [-0.05, 0) is 53.5 Å². The van der Waals surface area contributed by atoms with Gasteiger partial charge in [0.25, 0.3) is 0 Å². The summed E-state index contributed by atoms with van der Waals surface area (Å²) in [5, 5.41) is 1.41. The Morgan fingerprint density at radius 1 is 0.451 bits per heavy atom. The molecule has 6 nitrogen and oxygen atoms in total. The van der Waals surface area contributed by atoms with Crippen LogP contribution in [0.1, 0.15) is 13.7 Å². The van der Waals surface area contributed by atoms with Crippen molar-refractivity contribution < 1.29 is 22.5 Å². The van der Waals surface area contributed by atoms with Gasteiger partial charge in [-0.1, -0.05) is 115 Å². The van der Waals surface area contributed by atoms with Crippen molar-refractivity contribution in [1.29, 1.82) is 0 Å². The predicted molar refractivity (Wildman–Crippen MR) is 205 cm³/mol. The molecular formula is C45H26N4O2. The number of para-hydroxylation sites is 3. The second-order valence-corrected chi connectivity index (χ2v) is 12.1. The van der Waals surface area contributed by atoms with E-state index in [0.29, 0.717) is 22.3 Å². The molecule has 0 atom stereocenters. The highest BCUT2D eigenvalue weighted by atomic mass is 16.3. The SMILES string of the molecule is [2H]c1c([2H])c([2H])c2c(oc3c2c([2H])c([2H])c2c4c([2H])c([2H])c([2H])c([2H])c4n(-c4nc(-c5cccc(-c6ccccc6)c5)nc(-c5ccc6c(c5)oc5ccccc56)n4)c32)c1[2H]. The summed E-state index contributed by atoms with van der Waals surface area (Å²) >= 11 is 0. The number of hydrogen-bond donors (Lipinski definition) is 0. The topological polar surface area (TPSA) is 69.9 Å². The van der Waals surface area contributed by atoms with E-state index in [2.05, 4.69) is 0 Å². The number of benzene rings is 7. The van der Waals surface area contributed by atoms with E-state index in [1.54, 1.807) is 0 Å². The Hall–Kier alpha value is -7.05. The fourth-order valence-electron chi connectivity index (χ4n) is 6.82. The van der Waals surface area contributed by atoms with Crippen LogP contribution in [0.3, 0.4) is 0 Å². The van der Waals surface area contributed by atoms with Gasteiger partial charge in [-0.2, -0.15) is 9.97 Å². The first-order chi connectivity index (χ1) is 29.4. The summed E-state index contributed by atoms with van der Waals surface area (Å²) < 4.78 is 103. The summed E-state index contributed by atoms with van der Waals surface area (Å²) in [7, 11) is 0. The van der Waals surface area contributed by atoms with E-state index in [1.165, 1.54) is 4.57 Å². The van der Waals surface area contributed by atoms with Crippen LogP contribution in [0.5, 0.6) is 0 Å². The number of aromatic nitrogens is 4. The van der Waals surface area contributed by atoms with Gasteiger partial charge in [0.2, 0.25) is 5.95 Å². The molecule has 0 N–H and O–H groups in total. The Kier molecular flexibility index (Phi) is 4.17. The fourth-order valence-corrected chi connectivity index (χ4v) is 6.82. The molecule has 51 heavy (non-hydrogen) atoms. The monoisotopic (exact) mass is 664 g/mol. The highest BCUT2D eigenvalue weighted by Gasteiger charge is 2.22. The van der Waals surface area contributed by atoms with Gasteiger partial charge < -0.3 is 8.83 Å². The smallest absolute Gasteiger partial charge is 0.238 e. The molecule has 0 fully saturated rings. The molecule has 0 aliphatic carbocycles. The third kappa shape index (κ3) is 4.26. The fraction of sp³-hybridized carbons (Fsp3) is 0. The van der Waals surface area contributed by atoms with E-state index in [4.69, 9.17) is 33.4 Å². The maximum atomic E-state index is 9.38. The van der Waals surface area contributed by atoms with Gasteiger partial charge in [0, 0.05) is 43.4 Å². The first-order valence-electron chi connectivity index (χ1n) is 21.1. The number of nitrogens with zero attached hydrogens (tertiary/aromatic N) is 4. The number of hydrogen-bond acceptors (Lipinski definition) is 5. The van der Waals surface area contributed by atoms with Crippen LogP contribution in [-0.2, 0) is 0 Å². The van der Waals surface area contributed by atoms with Gasteiger partial charge in [0.15, 0.2) is 17.2 Å². The number of fused-ring (bicyclic) bond motifs is 10. The summed E-state index contributed by atoms with van der Waals surface area (Å²) in [6.45, 7) is 0. The van der Waals surface area contributed by atoms with E-state index in [0.717, 1.165) is 21.9 Å². The average molecular weight is 665 g/mol. The number of furan rings is 2. The van der Waals surface area contributed by atoms with Crippen molar-refractivity contribution in [2.75, 3.05) is 0 Å². The molecule has 0 unspecified atom stereocenters. The minimum atomic E-state index is -0.569. The molecule has 0 aliphatic rings. The summed E-state index contributed by atoms with van der Waals surface area (Å²) in [5.74, 6) is 0.243. The summed E-state index contributed by atoms with van der Waals surface area (Å²) in [6, 6.07) is 25.5. The molecule has 6 heteroatoms. The Morgan fingerprint density at radius 2 is 1.16 bits per heavy atom. The Labute approximate surface area is 304 Å². The molecule has 0 amide bonds. The van der Waals surface area contributed by atoms with Crippen LogP contribution in [-0.4, -0.2) is 19.5 Å². The molecule has 4 heterocycles. The van der Waals surface area contributed by atoms with Crippen LogP contribution < -0.4 is 0 Å². The highest BCUT2D eigenvalue weighted by molar-refractivity contribution is 6.21. The minimum Gasteiger partial charge on any atom is -0.456 e. The van der Waals surface area contributed by atoms with Crippen molar-refractivity contribution in [3.05, 3.63) is 157 Å². The second kappa shape index (κ2) is 10.7. The number of rotatable bonds is 4. The Morgan fingerprint density at radius 3 is 2.06 bits per heavy atom. The molecule has 11 rings (SSSR count). The molecule has 0 saturated carbocycles. The van der Waals surface area contributed by atoms with Crippen molar-refractivity contribution in [2.24, 2.45) is 0 Å². The second-order valence-electron chi connectivity index (χ2n) is 12.1. The molecule has 11 aromatic rings. The van der Waals surface area contributed by atoms with E-state index < -0.39 is 60.4 Å². The van der Waals surface area contributed by atoms with Crippen LogP contribution in [0.25, 0.3) is 106 Å². The standard InChI is InChI=1S/C45H26N4O2/c1-2-11-27(12-3-1)28-13-10-14-29(25-28)43-46-44(30-21-22-34-32-16-5-8-19-38(32)50-40(34)26-30)48-45(47-43)49-37-18-7-4-15-31(37)35-23-24-36-33-17-6-9-20-39(33)51-42(36)41(35)49/h1-26H/i4D,6D,7D,9D,15D,17D,18D,20D,23D,24D. The molecule has 0 spiro atoms. The van der Waals surface area contributed by atoms with Crippen molar-refractivity contribution >= 4 is 65.7 Å². The van der Waals surface area contributed by atoms with Crippen molar-refractivity contribution in [3.8, 4) is 39.9 Å². The maximum absolute atomic E-state index is 9.38. The summed E-state index contributed by atoms with van der Waals surface area (Å²) in [5.41, 5.74) is 3.67. The van der Waals surface area contributed by atoms with Gasteiger partial charge in [-0.15, -0.1) is 0 Å². The van der Waals surface area contributed by atoms with E-state index in [1.807, 2.05) is 97.1 Å². The molecular weight excluding hydrogens is 629 g/mol. The highest BCUT2D eigenvalue weighted by Crippen LogP contribution is 2.40. The lowest BCUT2D eigenvalue weighted by Crippen LogP contribution is -2.06. The molecule has 7 aromatic carbocycles. The Bertz CT molecular complexity index is 3730. The zero-order chi connectivity index (χ0) is 42.2. The van der Waals surface area contributed by atoms with Crippen LogP contribution in [0, 0.1) is 0 Å². The molecule has 0 saturated heterocycles. The zero-order valence-electron chi connectivity index (χ0n) is 36.3. The van der Waals surface area contributed by atoms with Crippen LogP contribution in [0.15, 0.2) is 166 Å². The van der Waals surface area contributed by atoms with Gasteiger partial charge in [0.1, 0.15) is 22.3 Å². The normalized spacial score (nSPS) is 14.7. The van der Waals surface area contributed by atoms with Gasteiger partial charge in [-0.25, -0.2) is 4.98 Å². The lowest BCUT2D eigenvalue weighted by Gasteiger charge is -2.12. The minimum absolute atomic E-state index is 0.0278. The van der Waals surface area contributed by atoms with E-state index in [9.17, 15) is 4.11 Å². The van der Waals surface area contributed by atoms with Crippen LogP contribution >= 0.6 is 0 Å². The molecule has 4 aromatic heterocycles. The van der Waals surface area contributed by atoms with Crippen molar-refractivity contribution in [2.45, 2.75) is 0 Å². The quantitative estimate of drug-likeness (QED) is 0.187. The third-order valence-corrected chi connectivity index (χ3v) is 9.15. The van der Waals surface area contributed by atoms with Crippen LogP contribution in [0.4, 0.5) is 0 Å². The average Bonchev–Trinajstić information content (AvgIpc) is 3.99. The first-order valence-corrected chi connectivity index (χ1v) is 16.1. The van der Waals surface area contributed by atoms with E-state index in [-0.39, 0.29) is 61.3 Å². The first kappa shape index (κ1) is 19.8. The molecule has 0 radical (unpaired) electrons. The molecule has 0 bridgehead atoms. The largest absolute Gasteiger partial charge is 0.456 e. The van der Waals surface area contributed by atoms with Gasteiger partial charge in [0.05, 0.1) is 19.2 Å². The van der Waals surface area contributed by atoms with Gasteiger partial charge in [-0.3, -0.25) is 4.57 Å². The van der Waals surface area contributed by atoms with E-state index >= 15 is 0 Å². The third-order valence-electron chi connectivity index (χ3n) is 9.15. The Balaban J connectivity index is 1.31. The van der Waals surface area contributed by atoms with Crippen molar-refractivity contribution in [3.63, 3.8) is 0 Å². The maximum Gasteiger partial charge on any atom is 0.238 e. The lowest BCUT2D eigenvalue weighted by molar-refractivity contribution is 0.669. The lowest BCUT2D eigenvalue weighted by atomic mass is 10.0. The van der Waals surface area contributed by atoms with Crippen LogP contribution in [0.2, 0.25) is 0 Å². The van der Waals surface area contributed by atoms with Gasteiger partial charge >= 0.3 is 0 Å². The molecule has 238 valence electrons.